The maximum absolute atomic E-state index is 11.8. The molecular formula is C12H10N4O2. The second kappa shape index (κ2) is 5.53. The first-order valence-electron chi connectivity index (χ1n) is 5.19. The summed E-state index contributed by atoms with van der Waals surface area (Å²) in [4.78, 5) is 31.4. The number of anilines is 2. The van der Waals surface area contributed by atoms with E-state index in [1.165, 1.54) is 12.4 Å². The van der Waals surface area contributed by atoms with Crippen molar-refractivity contribution in [3.05, 3.63) is 48.8 Å². The Morgan fingerprint density at radius 2 is 1.78 bits per heavy atom. The molecule has 18 heavy (non-hydrogen) atoms. The highest BCUT2D eigenvalue weighted by Gasteiger charge is 2.15. The van der Waals surface area contributed by atoms with Crippen molar-refractivity contribution in [3.8, 4) is 0 Å². The fraction of sp³-hybridized carbons (Fsp3) is 0. The molecule has 1 N–H and O–H groups in total. The third-order valence-electron chi connectivity index (χ3n) is 2.14. The van der Waals surface area contributed by atoms with Crippen LogP contribution in [0.5, 0.6) is 0 Å². The highest BCUT2D eigenvalue weighted by atomic mass is 16.2. The largest absolute Gasteiger partial charge is 0.335 e. The van der Waals surface area contributed by atoms with Crippen LogP contribution in [0.1, 0.15) is 0 Å². The van der Waals surface area contributed by atoms with Crippen molar-refractivity contribution in [2.24, 2.45) is 0 Å². The van der Waals surface area contributed by atoms with E-state index in [2.05, 4.69) is 15.3 Å². The minimum atomic E-state index is -0.609. The molecule has 0 aliphatic rings. The van der Waals surface area contributed by atoms with Gasteiger partial charge < -0.3 is 0 Å². The number of benzene rings is 1. The quantitative estimate of drug-likeness (QED) is 0.831. The molecule has 1 aromatic heterocycles. The minimum Gasteiger partial charge on any atom is -0.278 e. The van der Waals surface area contributed by atoms with Gasteiger partial charge in [-0.05, 0) is 18.2 Å². The maximum atomic E-state index is 11.8. The molecule has 0 fully saturated rings. The lowest BCUT2D eigenvalue weighted by molar-refractivity contribution is -0.106. The Hall–Kier alpha value is -2.76. The van der Waals surface area contributed by atoms with Crippen LogP contribution in [0, 0.1) is 0 Å². The molecule has 90 valence electrons. The third kappa shape index (κ3) is 2.67. The van der Waals surface area contributed by atoms with Crippen molar-refractivity contribution in [1.29, 1.82) is 0 Å². The molecule has 0 unspecified atom stereocenters. The number of aromatic nitrogens is 2. The topological polar surface area (TPSA) is 75.2 Å². The average Bonchev–Trinajstić information content (AvgIpc) is 2.42. The second-order valence-electron chi connectivity index (χ2n) is 3.31. The van der Waals surface area contributed by atoms with Gasteiger partial charge in [-0.3, -0.25) is 10.1 Å². The third-order valence-corrected chi connectivity index (χ3v) is 2.14. The molecule has 2 rings (SSSR count). The Labute approximate surface area is 103 Å². The number of nitrogens with zero attached hydrogens (tertiary/aromatic N) is 3. The molecule has 6 nitrogen and oxygen atoms in total. The zero-order chi connectivity index (χ0) is 12.8. The molecule has 0 bridgehead atoms. The molecule has 1 aromatic carbocycles. The zero-order valence-corrected chi connectivity index (χ0v) is 9.35. The summed E-state index contributed by atoms with van der Waals surface area (Å²) in [7, 11) is 0. The Morgan fingerprint density at radius 1 is 1.11 bits per heavy atom. The van der Waals surface area contributed by atoms with E-state index in [4.69, 9.17) is 0 Å². The van der Waals surface area contributed by atoms with Gasteiger partial charge in [0, 0.05) is 12.4 Å². The van der Waals surface area contributed by atoms with Gasteiger partial charge in [-0.15, -0.1) is 0 Å². The molecular weight excluding hydrogens is 232 g/mol. The lowest BCUT2D eigenvalue weighted by Gasteiger charge is -2.15. The number of hydrogen-bond donors (Lipinski definition) is 1. The van der Waals surface area contributed by atoms with Crippen LogP contribution in [0.15, 0.2) is 48.8 Å². The van der Waals surface area contributed by atoms with Gasteiger partial charge in [0.2, 0.25) is 12.4 Å². The average molecular weight is 242 g/mol. The molecule has 0 saturated carbocycles. The van der Waals surface area contributed by atoms with Crippen molar-refractivity contribution < 1.29 is 9.59 Å². The van der Waals surface area contributed by atoms with Crippen molar-refractivity contribution in [1.82, 2.24) is 9.97 Å². The first-order chi connectivity index (χ1) is 8.81. The number of rotatable bonds is 3. The summed E-state index contributed by atoms with van der Waals surface area (Å²) >= 11 is 0. The summed E-state index contributed by atoms with van der Waals surface area (Å²) in [6, 6.07) is 9.59. The van der Waals surface area contributed by atoms with Crippen LogP contribution in [0.4, 0.5) is 16.4 Å². The van der Waals surface area contributed by atoms with E-state index in [0.29, 0.717) is 12.1 Å². The first kappa shape index (κ1) is 11.7. The number of carbonyl (C=O) groups is 2. The number of hydrogen-bond acceptors (Lipinski definition) is 4. The van der Waals surface area contributed by atoms with E-state index in [0.717, 1.165) is 4.90 Å². The molecule has 3 amide bonds. The van der Waals surface area contributed by atoms with E-state index < -0.39 is 6.03 Å². The summed E-state index contributed by atoms with van der Waals surface area (Å²) in [5, 5.41) is 2.42. The number of carbonyl (C=O) groups excluding carboxylic acids is 2. The first-order valence-corrected chi connectivity index (χ1v) is 5.19. The van der Waals surface area contributed by atoms with E-state index in [1.807, 2.05) is 0 Å². The standard InChI is InChI=1S/C12H10N4O2/c17-9-16(10-5-2-1-3-6-10)12(18)15-11-13-7-4-8-14-11/h1-9H,(H,13,14,15,18). The summed E-state index contributed by atoms with van der Waals surface area (Å²) in [6.45, 7) is 0. The fourth-order valence-corrected chi connectivity index (χ4v) is 1.33. The lowest BCUT2D eigenvalue weighted by Crippen LogP contribution is -2.34. The van der Waals surface area contributed by atoms with Crippen molar-refractivity contribution in [3.63, 3.8) is 0 Å². The van der Waals surface area contributed by atoms with Crippen LogP contribution in [-0.4, -0.2) is 22.4 Å². The highest BCUT2D eigenvalue weighted by Crippen LogP contribution is 2.12. The van der Waals surface area contributed by atoms with Crippen molar-refractivity contribution in [2.45, 2.75) is 0 Å². The maximum Gasteiger partial charge on any atom is 0.335 e. The highest BCUT2D eigenvalue weighted by molar-refractivity contribution is 6.11. The smallest absolute Gasteiger partial charge is 0.278 e. The van der Waals surface area contributed by atoms with E-state index in [-0.39, 0.29) is 5.95 Å². The van der Waals surface area contributed by atoms with Gasteiger partial charge in [0.15, 0.2) is 0 Å². The van der Waals surface area contributed by atoms with Crippen molar-refractivity contribution >= 4 is 24.1 Å². The monoisotopic (exact) mass is 242 g/mol. The van der Waals surface area contributed by atoms with E-state index in [1.54, 1.807) is 36.4 Å². The fourth-order valence-electron chi connectivity index (χ4n) is 1.33. The number of amides is 3. The molecule has 2 aromatic rings. The van der Waals surface area contributed by atoms with Gasteiger partial charge >= 0.3 is 6.03 Å². The minimum absolute atomic E-state index is 0.144. The predicted octanol–water partition coefficient (Wildman–Crippen LogP) is 1.67. The van der Waals surface area contributed by atoms with Crippen LogP contribution < -0.4 is 10.2 Å². The molecule has 0 aliphatic heterocycles. The molecule has 0 atom stereocenters. The molecule has 0 aliphatic carbocycles. The van der Waals surface area contributed by atoms with Crippen molar-refractivity contribution in [2.75, 3.05) is 10.2 Å². The molecule has 0 spiro atoms. The summed E-state index contributed by atoms with van der Waals surface area (Å²) < 4.78 is 0. The second-order valence-corrected chi connectivity index (χ2v) is 3.31. The number of imide groups is 1. The summed E-state index contributed by atoms with van der Waals surface area (Å²) in [5.74, 6) is 0.144. The van der Waals surface area contributed by atoms with Crippen LogP contribution in [0.2, 0.25) is 0 Å². The Morgan fingerprint density at radius 3 is 2.39 bits per heavy atom. The Bertz CT molecular complexity index is 530. The normalized spacial score (nSPS) is 9.56. The SMILES string of the molecule is O=CN(C(=O)Nc1ncccn1)c1ccccc1. The summed E-state index contributed by atoms with van der Waals surface area (Å²) in [6.07, 6.45) is 3.43. The molecule has 0 saturated heterocycles. The van der Waals surface area contributed by atoms with Crippen LogP contribution in [-0.2, 0) is 4.79 Å². The molecule has 1 heterocycles. The van der Waals surface area contributed by atoms with Crippen LogP contribution in [0.3, 0.4) is 0 Å². The molecule has 0 radical (unpaired) electrons. The number of urea groups is 1. The van der Waals surface area contributed by atoms with Crippen LogP contribution in [0.25, 0.3) is 0 Å². The van der Waals surface area contributed by atoms with Gasteiger partial charge in [-0.2, -0.15) is 0 Å². The number of nitrogens with one attached hydrogen (secondary N) is 1. The van der Waals surface area contributed by atoms with Gasteiger partial charge in [0.25, 0.3) is 0 Å². The van der Waals surface area contributed by atoms with Gasteiger partial charge in [-0.25, -0.2) is 19.7 Å². The lowest BCUT2D eigenvalue weighted by atomic mass is 10.3. The number of para-hydroxylation sites is 1. The Kier molecular flexibility index (Phi) is 3.60. The predicted molar refractivity (Wildman–Crippen MR) is 66.0 cm³/mol. The zero-order valence-electron chi connectivity index (χ0n) is 9.35. The van der Waals surface area contributed by atoms with Gasteiger partial charge in [-0.1, -0.05) is 18.2 Å². The Balaban J connectivity index is 2.14. The van der Waals surface area contributed by atoms with Gasteiger partial charge in [0.05, 0.1) is 5.69 Å². The molecule has 6 heteroatoms. The van der Waals surface area contributed by atoms with E-state index in [9.17, 15) is 9.59 Å². The van der Waals surface area contributed by atoms with E-state index >= 15 is 0 Å². The van der Waals surface area contributed by atoms with Gasteiger partial charge in [0.1, 0.15) is 0 Å². The van der Waals surface area contributed by atoms with Crippen LogP contribution >= 0.6 is 0 Å². The summed E-state index contributed by atoms with van der Waals surface area (Å²) in [5.41, 5.74) is 0.473.